The van der Waals surface area contributed by atoms with E-state index in [2.05, 4.69) is 11.4 Å². The zero-order chi connectivity index (χ0) is 24.1. The summed E-state index contributed by atoms with van der Waals surface area (Å²) < 4.78 is 17.2. The van der Waals surface area contributed by atoms with Crippen LogP contribution in [0.4, 0.5) is 0 Å². The van der Waals surface area contributed by atoms with Crippen LogP contribution >= 0.6 is 11.3 Å². The van der Waals surface area contributed by atoms with Crippen LogP contribution in [0.2, 0.25) is 0 Å². The molecule has 2 aliphatic heterocycles. The van der Waals surface area contributed by atoms with Crippen molar-refractivity contribution in [2.45, 2.75) is 45.3 Å². The molecule has 1 saturated heterocycles. The van der Waals surface area contributed by atoms with Crippen LogP contribution in [-0.2, 0) is 20.7 Å². The average molecular weight is 487 g/mol. The first-order valence-electron chi connectivity index (χ1n) is 12.0. The molecule has 2 atom stereocenters. The Morgan fingerprint density at radius 3 is 2.82 bits per heavy atom. The molecule has 2 aliphatic rings. The van der Waals surface area contributed by atoms with Crippen LogP contribution in [0.15, 0.2) is 35.7 Å². The number of ether oxygens (including phenoxy) is 3. The molecule has 1 aromatic heterocycles. The smallest absolute Gasteiger partial charge is 0.242 e. The predicted molar refractivity (Wildman–Crippen MR) is 131 cm³/mol. The molecular formula is C26H34N2O5S. The maximum absolute atomic E-state index is 13.6. The predicted octanol–water partition coefficient (Wildman–Crippen LogP) is 3.93. The van der Waals surface area contributed by atoms with E-state index in [4.69, 9.17) is 14.2 Å². The molecule has 0 bridgehead atoms. The van der Waals surface area contributed by atoms with E-state index in [-0.39, 0.29) is 36.4 Å². The van der Waals surface area contributed by atoms with Gasteiger partial charge in [-0.2, -0.15) is 0 Å². The highest BCUT2D eigenvalue weighted by Crippen LogP contribution is 2.34. The molecule has 2 aromatic rings. The summed E-state index contributed by atoms with van der Waals surface area (Å²) in [6.07, 6.45) is 2.75. The molecule has 184 valence electrons. The Labute approximate surface area is 205 Å². The lowest BCUT2D eigenvalue weighted by molar-refractivity contribution is -0.145. The van der Waals surface area contributed by atoms with Gasteiger partial charge in [0.05, 0.1) is 25.8 Å². The fourth-order valence-corrected chi connectivity index (χ4v) is 5.55. The summed E-state index contributed by atoms with van der Waals surface area (Å²) in [5, 5.41) is 2.07. The lowest BCUT2D eigenvalue weighted by atomic mass is 10.00. The molecule has 0 radical (unpaired) electrons. The molecule has 0 spiro atoms. The Morgan fingerprint density at radius 2 is 2.09 bits per heavy atom. The van der Waals surface area contributed by atoms with E-state index in [1.807, 2.05) is 43.0 Å². The summed E-state index contributed by atoms with van der Waals surface area (Å²) in [7, 11) is 1.62. The fourth-order valence-electron chi connectivity index (χ4n) is 4.63. The standard InChI is InChI=1S/C26H34N2O5S/c1-18(2)26(30)27(15-21-8-5-12-32-21)16-25(29)28-11-9-24-22(10-13-34-24)23(28)17-33-20-7-4-6-19(14-20)31-3/h4,6-7,10,13-14,18,21,23H,5,8-9,11-12,15-17H2,1-3H3/t21-,23-/m1/s1. The van der Waals surface area contributed by atoms with Crippen molar-refractivity contribution in [1.82, 2.24) is 9.80 Å². The van der Waals surface area contributed by atoms with Crippen molar-refractivity contribution < 1.29 is 23.8 Å². The monoisotopic (exact) mass is 486 g/mol. The summed E-state index contributed by atoms with van der Waals surface area (Å²) in [6.45, 7) is 5.95. The molecule has 1 fully saturated rings. The van der Waals surface area contributed by atoms with Crippen molar-refractivity contribution in [1.29, 1.82) is 0 Å². The molecule has 2 amide bonds. The summed E-state index contributed by atoms with van der Waals surface area (Å²) >= 11 is 1.72. The van der Waals surface area contributed by atoms with Gasteiger partial charge in [0, 0.05) is 36.6 Å². The largest absolute Gasteiger partial charge is 0.497 e. The number of benzene rings is 1. The number of methoxy groups -OCH3 is 1. The zero-order valence-electron chi connectivity index (χ0n) is 20.2. The number of thiophene rings is 1. The van der Waals surface area contributed by atoms with Crippen molar-refractivity contribution >= 4 is 23.2 Å². The number of carbonyl (C=O) groups excluding carboxylic acids is 2. The third-order valence-electron chi connectivity index (χ3n) is 6.44. The summed E-state index contributed by atoms with van der Waals surface area (Å²) in [6, 6.07) is 9.36. The minimum absolute atomic E-state index is 0.00697. The van der Waals surface area contributed by atoms with Crippen molar-refractivity contribution in [3.05, 3.63) is 46.2 Å². The Balaban J connectivity index is 1.49. The minimum Gasteiger partial charge on any atom is -0.497 e. The zero-order valence-corrected chi connectivity index (χ0v) is 21.0. The summed E-state index contributed by atoms with van der Waals surface area (Å²) in [4.78, 5) is 31.4. The number of amides is 2. The third-order valence-corrected chi connectivity index (χ3v) is 7.44. The van der Waals surface area contributed by atoms with E-state index in [9.17, 15) is 9.59 Å². The van der Waals surface area contributed by atoms with E-state index in [0.29, 0.717) is 25.4 Å². The fraction of sp³-hybridized carbons (Fsp3) is 0.538. The Hall–Kier alpha value is -2.58. The highest BCUT2D eigenvalue weighted by atomic mass is 32.1. The lowest BCUT2D eigenvalue weighted by Crippen LogP contribution is -2.50. The quantitative estimate of drug-likeness (QED) is 0.537. The van der Waals surface area contributed by atoms with Gasteiger partial charge in [0.2, 0.25) is 11.8 Å². The van der Waals surface area contributed by atoms with Gasteiger partial charge in [-0.15, -0.1) is 11.3 Å². The van der Waals surface area contributed by atoms with E-state index in [1.54, 1.807) is 23.3 Å². The second-order valence-corrected chi connectivity index (χ2v) is 10.2. The Morgan fingerprint density at radius 1 is 1.26 bits per heavy atom. The van der Waals surface area contributed by atoms with Gasteiger partial charge in [0.1, 0.15) is 18.1 Å². The van der Waals surface area contributed by atoms with Gasteiger partial charge in [0.25, 0.3) is 0 Å². The maximum atomic E-state index is 13.6. The average Bonchev–Trinajstić information content (AvgIpc) is 3.53. The van der Waals surface area contributed by atoms with Crippen molar-refractivity contribution in [2.24, 2.45) is 5.92 Å². The van der Waals surface area contributed by atoms with Crippen molar-refractivity contribution in [3.63, 3.8) is 0 Å². The SMILES string of the molecule is COc1cccc(OC[C@@H]2c3ccsc3CCN2C(=O)CN(C[C@H]2CCCO2)C(=O)C(C)C)c1. The normalized spacial score (nSPS) is 19.7. The van der Waals surface area contributed by atoms with Gasteiger partial charge in [0.15, 0.2) is 0 Å². The lowest BCUT2D eigenvalue weighted by Gasteiger charge is -2.37. The van der Waals surface area contributed by atoms with Gasteiger partial charge in [-0.1, -0.05) is 19.9 Å². The van der Waals surface area contributed by atoms with Crippen molar-refractivity contribution in [3.8, 4) is 11.5 Å². The van der Waals surface area contributed by atoms with Crippen LogP contribution in [0.1, 0.15) is 43.2 Å². The summed E-state index contributed by atoms with van der Waals surface area (Å²) in [5.41, 5.74) is 1.13. The van der Waals surface area contributed by atoms with Crippen LogP contribution in [0.5, 0.6) is 11.5 Å². The molecule has 34 heavy (non-hydrogen) atoms. The molecule has 0 unspecified atom stereocenters. The van der Waals surface area contributed by atoms with E-state index in [0.717, 1.165) is 37.2 Å². The second-order valence-electron chi connectivity index (χ2n) is 9.15. The van der Waals surface area contributed by atoms with Gasteiger partial charge < -0.3 is 24.0 Å². The molecule has 0 saturated carbocycles. The molecule has 4 rings (SSSR count). The molecule has 8 heteroatoms. The molecular weight excluding hydrogens is 452 g/mol. The van der Waals surface area contributed by atoms with Gasteiger partial charge in [-0.3, -0.25) is 9.59 Å². The van der Waals surface area contributed by atoms with E-state index < -0.39 is 0 Å². The van der Waals surface area contributed by atoms with E-state index >= 15 is 0 Å². The number of hydrogen-bond acceptors (Lipinski definition) is 6. The highest BCUT2D eigenvalue weighted by molar-refractivity contribution is 7.10. The number of fused-ring (bicyclic) bond motifs is 1. The molecule has 0 N–H and O–H groups in total. The van der Waals surface area contributed by atoms with Gasteiger partial charge in [-0.05, 0) is 48.4 Å². The summed E-state index contributed by atoms with van der Waals surface area (Å²) in [5.74, 6) is 1.18. The number of hydrogen-bond donors (Lipinski definition) is 0. The molecule has 7 nitrogen and oxygen atoms in total. The van der Waals surface area contributed by atoms with Gasteiger partial charge >= 0.3 is 0 Å². The molecule has 0 aliphatic carbocycles. The topological polar surface area (TPSA) is 68.3 Å². The number of nitrogens with zero attached hydrogens (tertiary/aromatic N) is 2. The Bertz CT molecular complexity index is 985. The minimum atomic E-state index is -0.201. The highest BCUT2D eigenvalue weighted by Gasteiger charge is 2.34. The van der Waals surface area contributed by atoms with Crippen LogP contribution in [0, 0.1) is 5.92 Å². The maximum Gasteiger partial charge on any atom is 0.242 e. The van der Waals surface area contributed by atoms with Crippen LogP contribution in [-0.4, -0.2) is 67.7 Å². The first-order chi connectivity index (χ1) is 16.5. The van der Waals surface area contributed by atoms with Gasteiger partial charge in [-0.25, -0.2) is 0 Å². The second kappa shape index (κ2) is 11.2. The molecule has 3 heterocycles. The number of carbonyl (C=O) groups is 2. The first kappa shape index (κ1) is 24.5. The van der Waals surface area contributed by atoms with E-state index in [1.165, 1.54) is 4.88 Å². The number of rotatable bonds is 9. The Kier molecular flexibility index (Phi) is 8.11. The first-order valence-corrected chi connectivity index (χ1v) is 12.9. The van der Waals surface area contributed by atoms with Crippen molar-refractivity contribution in [2.75, 3.05) is 40.0 Å². The van der Waals surface area contributed by atoms with Crippen LogP contribution in [0.25, 0.3) is 0 Å². The molecule has 1 aromatic carbocycles. The van der Waals surface area contributed by atoms with Crippen LogP contribution in [0.3, 0.4) is 0 Å². The van der Waals surface area contributed by atoms with Crippen LogP contribution < -0.4 is 9.47 Å². The third kappa shape index (κ3) is 5.73.